The van der Waals surface area contributed by atoms with Crippen molar-refractivity contribution in [1.29, 1.82) is 0 Å². The summed E-state index contributed by atoms with van der Waals surface area (Å²) >= 11 is 5.91. The second-order valence-corrected chi connectivity index (χ2v) is 4.28. The Hall–Kier alpha value is -0.610. The van der Waals surface area contributed by atoms with Gasteiger partial charge in [0, 0.05) is 13.2 Å². The molecule has 15 heavy (non-hydrogen) atoms. The van der Waals surface area contributed by atoms with Crippen LogP contribution in [0, 0.1) is 6.92 Å². The lowest BCUT2D eigenvalue weighted by Gasteiger charge is -2.22. The van der Waals surface area contributed by atoms with Crippen molar-refractivity contribution in [2.45, 2.75) is 45.3 Å². The lowest BCUT2D eigenvalue weighted by molar-refractivity contribution is 0.00873. The number of aromatic nitrogens is 3. The molecule has 1 aromatic heterocycles. The predicted octanol–water partition coefficient (Wildman–Crippen LogP) is 2.20. The fourth-order valence-electron chi connectivity index (χ4n) is 1.92. The van der Waals surface area contributed by atoms with Gasteiger partial charge in [0.05, 0.1) is 6.10 Å². The van der Waals surface area contributed by atoms with Gasteiger partial charge in [0.25, 0.3) is 0 Å². The van der Waals surface area contributed by atoms with Crippen molar-refractivity contribution in [3.63, 3.8) is 0 Å². The summed E-state index contributed by atoms with van der Waals surface area (Å²) in [6.45, 7) is 3.67. The topological polar surface area (TPSA) is 39.9 Å². The maximum absolute atomic E-state index is 5.91. The van der Waals surface area contributed by atoms with E-state index in [4.69, 9.17) is 16.3 Å². The van der Waals surface area contributed by atoms with Gasteiger partial charge in [-0.15, -0.1) is 10.2 Å². The maximum Gasteiger partial charge on any atom is 0.225 e. The Kier molecular flexibility index (Phi) is 3.59. The van der Waals surface area contributed by atoms with E-state index < -0.39 is 0 Å². The lowest BCUT2D eigenvalue weighted by atomic mass is 10.1. The molecule has 1 aromatic rings. The zero-order valence-corrected chi connectivity index (χ0v) is 9.70. The molecule has 1 aliphatic rings. The van der Waals surface area contributed by atoms with Crippen LogP contribution < -0.4 is 0 Å². The number of rotatable bonds is 3. The van der Waals surface area contributed by atoms with E-state index in [0.717, 1.165) is 25.4 Å². The molecule has 1 atom stereocenters. The lowest BCUT2D eigenvalue weighted by Crippen LogP contribution is -2.21. The summed E-state index contributed by atoms with van der Waals surface area (Å²) in [5.74, 6) is 0.871. The fraction of sp³-hybridized carbons (Fsp3) is 0.800. The average Bonchev–Trinajstić information content (AvgIpc) is 2.58. The predicted molar refractivity (Wildman–Crippen MR) is 58.0 cm³/mol. The molecule has 1 saturated heterocycles. The highest BCUT2D eigenvalue weighted by atomic mass is 35.5. The molecule has 0 amide bonds. The Bertz CT molecular complexity index is 301. The largest absolute Gasteiger partial charge is 0.378 e. The van der Waals surface area contributed by atoms with Crippen molar-refractivity contribution in [3.05, 3.63) is 11.1 Å². The molecular weight excluding hydrogens is 214 g/mol. The van der Waals surface area contributed by atoms with Crippen LogP contribution in [0.15, 0.2) is 0 Å². The van der Waals surface area contributed by atoms with Gasteiger partial charge >= 0.3 is 0 Å². The van der Waals surface area contributed by atoms with E-state index in [-0.39, 0.29) is 0 Å². The number of hydrogen-bond donors (Lipinski definition) is 0. The first-order chi connectivity index (χ1) is 7.27. The number of halogens is 1. The van der Waals surface area contributed by atoms with E-state index in [1.165, 1.54) is 19.3 Å². The van der Waals surface area contributed by atoms with Crippen LogP contribution in [-0.2, 0) is 11.3 Å². The Morgan fingerprint density at radius 3 is 2.93 bits per heavy atom. The molecular formula is C10H16ClN3O. The molecule has 0 radical (unpaired) electrons. The van der Waals surface area contributed by atoms with Crippen molar-refractivity contribution in [2.24, 2.45) is 0 Å². The van der Waals surface area contributed by atoms with Gasteiger partial charge in [0.15, 0.2) is 0 Å². The van der Waals surface area contributed by atoms with E-state index in [9.17, 15) is 0 Å². The van der Waals surface area contributed by atoms with Crippen molar-refractivity contribution < 1.29 is 4.74 Å². The Balaban J connectivity index is 1.87. The summed E-state index contributed by atoms with van der Waals surface area (Å²) < 4.78 is 7.59. The average molecular weight is 230 g/mol. The highest BCUT2D eigenvalue weighted by molar-refractivity contribution is 6.28. The molecule has 0 bridgehead atoms. The highest BCUT2D eigenvalue weighted by Gasteiger charge is 2.15. The van der Waals surface area contributed by atoms with Gasteiger partial charge in [-0.1, -0.05) is 0 Å². The zero-order valence-electron chi connectivity index (χ0n) is 8.95. The van der Waals surface area contributed by atoms with E-state index in [2.05, 4.69) is 10.2 Å². The third-order valence-electron chi connectivity index (χ3n) is 2.84. The van der Waals surface area contributed by atoms with E-state index >= 15 is 0 Å². The van der Waals surface area contributed by atoms with Crippen molar-refractivity contribution in [3.8, 4) is 0 Å². The Morgan fingerprint density at radius 2 is 2.33 bits per heavy atom. The minimum Gasteiger partial charge on any atom is -0.378 e. The normalized spacial score (nSPS) is 21.9. The molecule has 0 aliphatic carbocycles. The van der Waals surface area contributed by atoms with Crippen LogP contribution in [0.3, 0.4) is 0 Å². The zero-order chi connectivity index (χ0) is 10.7. The van der Waals surface area contributed by atoms with Crippen LogP contribution in [-0.4, -0.2) is 27.5 Å². The highest BCUT2D eigenvalue weighted by Crippen LogP contribution is 2.17. The van der Waals surface area contributed by atoms with Gasteiger partial charge in [0.1, 0.15) is 5.82 Å². The van der Waals surface area contributed by atoms with Gasteiger partial charge in [0.2, 0.25) is 5.28 Å². The summed E-state index contributed by atoms with van der Waals surface area (Å²) in [6, 6.07) is 0. The van der Waals surface area contributed by atoms with E-state index in [1.807, 2.05) is 11.5 Å². The van der Waals surface area contributed by atoms with Crippen LogP contribution in [0.4, 0.5) is 0 Å². The van der Waals surface area contributed by atoms with Crippen LogP contribution in [0.25, 0.3) is 0 Å². The summed E-state index contributed by atoms with van der Waals surface area (Å²) in [4.78, 5) is 0. The van der Waals surface area contributed by atoms with Crippen molar-refractivity contribution in [1.82, 2.24) is 14.8 Å². The first kappa shape index (κ1) is 10.9. The number of ether oxygens (including phenoxy) is 1. The molecule has 1 unspecified atom stereocenters. The first-order valence-electron chi connectivity index (χ1n) is 5.44. The monoisotopic (exact) mass is 229 g/mol. The third kappa shape index (κ3) is 2.69. The summed E-state index contributed by atoms with van der Waals surface area (Å²) in [5, 5.41) is 8.21. The second-order valence-electron chi connectivity index (χ2n) is 3.95. The minimum atomic E-state index is 0.386. The molecule has 1 aliphatic heterocycles. The Morgan fingerprint density at radius 1 is 1.47 bits per heavy atom. The number of aryl methyl sites for hydroxylation is 1. The molecule has 0 N–H and O–H groups in total. The molecule has 0 saturated carbocycles. The van der Waals surface area contributed by atoms with Gasteiger partial charge in [-0.2, -0.15) is 0 Å². The fourth-order valence-corrected chi connectivity index (χ4v) is 2.16. The van der Waals surface area contributed by atoms with Crippen molar-refractivity contribution in [2.75, 3.05) is 6.61 Å². The van der Waals surface area contributed by atoms with Gasteiger partial charge in [-0.25, -0.2) is 0 Å². The molecule has 84 valence electrons. The van der Waals surface area contributed by atoms with Crippen LogP contribution in [0.2, 0.25) is 5.28 Å². The standard InChI is InChI=1S/C10H16ClN3O/c1-8-12-13-10(11)14(8)6-5-9-4-2-3-7-15-9/h9H,2-7H2,1H3. The summed E-state index contributed by atoms with van der Waals surface area (Å²) in [7, 11) is 0. The van der Waals surface area contributed by atoms with Crippen LogP contribution in [0.5, 0.6) is 0 Å². The van der Waals surface area contributed by atoms with Gasteiger partial charge in [-0.05, 0) is 44.2 Å². The van der Waals surface area contributed by atoms with Gasteiger partial charge in [-0.3, -0.25) is 0 Å². The molecule has 0 spiro atoms. The van der Waals surface area contributed by atoms with Gasteiger partial charge < -0.3 is 9.30 Å². The first-order valence-corrected chi connectivity index (χ1v) is 5.82. The van der Waals surface area contributed by atoms with Crippen LogP contribution >= 0.6 is 11.6 Å². The minimum absolute atomic E-state index is 0.386. The quantitative estimate of drug-likeness (QED) is 0.798. The van der Waals surface area contributed by atoms with E-state index in [1.54, 1.807) is 0 Å². The number of nitrogens with zero attached hydrogens (tertiary/aromatic N) is 3. The van der Waals surface area contributed by atoms with E-state index in [0.29, 0.717) is 11.4 Å². The molecule has 2 rings (SSSR count). The summed E-state index contributed by atoms with van der Waals surface area (Å²) in [5.41, 5.74) is 0. The van der Waals surface area contributed by atoms with Crippen molar-refractivity contribution >= 4 is 11.6 Å². The molecule has 2 heterocycles. The second kappa shape index (κ2) is 4.94. The van der Waals surface area contributed by atoms with Crippen LogP contribution in [0.1, 0.15) is 31.5 Å². The molecule has 0 aromatic carbocycles. The SMILES string of the molecule is Cc1nnc(Cl)n1CCC1CCCCO1. The number of hydrogen-bond acceptors (Lipinski definition) is 3. The smallest absolute Gasteiger partial charge is 0.225 e. The third-order valence-corrected chi connectivity index (χ3v) is 3.12. The Labute approximate surface area is 94.6 Å². The summed E-state index contributed by atoms with van der Waals surface area (Å²) in [6.07, 6.45) is 5.02. The molecule has 1 fully saturated rings. The molecule has 4 nitrogen and oxygen atoms in total. The molecule has 5 heteroatoms. The maximum atomic E-state index is 5.91.